The Hall–Kier alpha value is -1.29. The summed E-state index contributed by atoms with van der Waals surface area (Å²) in [5, 5.41) is 2.73. The molecule has 1 heterocycles. The highest BCUT2D eigenvalue weighted by Gasteiger charge is 2.14. The van der Waals surface area contributed by atoms with E-state index >= 15 is 0 Å². The molecule has 0 atom stereocenters. The fraction of sp³-hybridized carbons (Fsp3) is 0.100. The molecule has 0 saturated heterocycles. The van der Waals surface area contributed by atoms with Gasteiger partial charge in [-0.05, 0) is 30.3 Å². The maximum atomic E-state index is 11.4. The molecule has 0 fully saturated rings. The van der Waals surface area contributed by atoms with Crippen LogP contribution >= 0.6 is 15.9 Å². The zero-order chi connectivity index (χ0) is 9.97. The number of nitrogens with zero attached hydrogens (tertiary/aromatic N) is 1. The average molecular weight is 253 g/mol. The molecule has 0 bridgehead atoms. The fourth-order valence-electron chi connectivity index (χ4n) is 1.26. The van der Waals surface area contributed by atoms with Gasteiger partial charge in [0.1, 0.15) is 0 Å². The van der Waals surface area contributed by atoms with Crippen molar-refractivity contribution >= 4 is 27.6 Å². The number of hydrogen-bond donors (Lipinski definition) is 1. The van der Waals surface area contributed by atoms with Crippen LogP contribution in [0.1, 0.15) is 0 Å². The molecule has 0 saturated carbocycles. The first-order valence-electron chi connectivity index (χ1n) is 4.27. The van der Waals surface area contributed by atoms with Crippen LogP contribution in [0.4, 0.5) is 10.5 Å². The predicted octanol–water partition coefficient (Wildman–Crippen LogP) is 2.49. The van der Waals surface area contributed by atoms with E-state index in [2.05, 4.69) is 21.2 Å². The number of nitrogens with one attached hydrogen (secondary N) is 1. The number of halogens is 1. The van der Waals surface area contributed by atoms with Gasteiger partial charge in [0.2, 0.25) is 0 Å². The van der Waals surface area contributed by atoms with Crippen LogP contribution in [0.25, 0.3) is 0 Å². The number of benzene rings is 1. The molecule has 1 aromatic carbocycles. The van der Waals surface area contributed by atoms with Crippen molar-refractivity contribution in [2.75, 3.05) is 11.4 Å². The smallest absolute Gasteiger partial charge is 0.326 e. The van der Waals surface area contributed by atoms with Crippen LogP contribution in [0.2, 0.25) is 0 Å². The Labute approximate surface area is 90.5 Å². The molecule has 1 aromatic rings. The molecule has 1 N–H and O–H groups in total. The Morgan fingerprint density at radius 1 is 1.29 bits per heavy atom. The highest BCUT2D eigenvalue weighted by atomic mass is 79.9. The number of hydrogen-bond acceptors (Lipinski definition) is 1. The second-order valence-corrected chi connectivity index (χ2v) is 3.83. The molecule has 2 amide bonds. The molecule has 0 aromatic heterocycles. The first-order chi connectivity index (χ1) is 6.77. The van der Waals surface area contributed by atoms with Gasteiger partial charge in [-0.3, -0.25) is 4.90 Å². The van der Waals surface area contributed by atoms with Crippen LogP contribution in [0.3, 0.4) is 0 Å². The fourth-order valence-corrected chi connectivity index (χ4v) is 1.53. The van der Waals surface area contributed by atoms with Crippen molar-refractivity contribution in [2.45, 2.75) is 0 Å². The van der Waals surface area contributed by atoms with Crippen LogP contribution < -0.4 is 10.2 Å². The van der Waals surface area contributed by atoms with Crippen LogP contribution in [-0.2, 0) is 0 Å². The second-order valence-electron chi connectivity index (χ2n) is 2.92. The summed E-state index contributed by atoms with van der Waals surface area (Å²) in [5.74, 6) is 0. The van der Waals surface area contributed by atoms with Crippen molar-refractivity contribution in [3.8, 4) is 0 Å². The third-order valence-electron chi connectivity index (χ3n) is 1.95. The van der Waals surface area contributed by atoms with Gasteiger partial charge in [0, 0.05) is 17.2 Å². The van der Waals surface area contributed by atoms with Crippen LogP contribution in [-0.4, -0.2) is 12.6 Å². The lowest BCUT2D eigenvalue weighted by Gasteiger charge is -2.22. The first-order valence-corrected chi connectivity index (χ1v) is 5.06. The lowest BCUT2D eigenvalue weighted by atomic mass is 10.3. The molecule has 0 aliphatic carbocycles. The largest absolute Gasteiger partial charge is 0.334 e. The van der Waals surface area contributed by atoms with E-state index < -0.39 is 0 Å². The van der Waals surface area contributed by atoms with Gasteiger partial charge in [-0.1, -0.05) is 15.9 Å². The van der Waals surface area contributed by atoms with Crippen molar-refractivity contribution < 1.29 is 4.79 Å². The SMILES string of the molecule is O=C1NCC=CN1c1ccc(Br)cc1. The maximum absolute atomic E-state index is 11.4. The maximum Gasteiger partial charge on any atom is 0.326 e. The molecule has 0 unspecified atom stereocenters. The summed E-state index contributed by atoms with van der Waals surface area (Å²) in [7, 11) is 0. The molecule has 72 valence electrons. The van der Waals surface area contributed by atoms with E-state index in [0.29, 0.717) is 6.54 Å². The van der Waals surface area contributed by atoms with Gasteiger partial charge in [0.15, 0.2) is 0 Å². The summed E-state index contributed by atoms with van der Waals surface area (Å²) in [6.07, 6.45) is 3.69. The van der Waals surface area contributed by atoms with Crippen molar-refractivity contribution in [1.29, 1.82) is 0 Å². The van der Waals surface area contributed by atoms with E-state index in [9.17, 15) is 4.79 Å². The summed E-state index contributed by atoms with van der Waals surface area (Å²) in [6, 6.07) is 7.50. The van der Waals surface area contributed by atoms with Crippen molar-refractivity contribution in [1.82, 2.24) is 5.32 Å². The molecular weight excluding hydrogens is 244 g/mol. The highest BCUT2D eigenvalue weighted by molar-refractivity contribution is 9.10. The first kappa shape index (κ1) is 9.27. The van der Waals surface area contributed by atoms with Crippen molar-refractivity contribution in [2.24, 2.45) is 0 Å². The van der Waals surface area contributed by atoms with Crippen LogP contribution in [0, 0.1) is 0 Å². The van der Waals surface area contributed by atoms with E-state index in [1.807, 2.05) is 30.3 Å². The standard InChI is InChI=1S/C10H9BrN2O/c11-8-2-4-9(5-3-8)13-7-1-6-12-10(13)14/h1-5,7H,6H2,(H,12,14). The van der Waals surface area contributed by atoms with E-state index in [-0.39, 0.29) is 6.03 Å². The number of rotatable bonds is 1. The summed E-state index contributed by atoms with van der Waals surface area (Å²) in [6.45, 7) is 0.603. The molecule has 2 rings (SSSR count). The molecule has 4 heteroatoms. The van der Waals surface area contributed by atoms with E-state index in [1.165, 1.54) is 0 Å². The highest BCUT2D eigenvalue weighted by Crippen LogP contribution is 2.19. The monoisotopic (exact) mass is 252 g/mol. The Morgan fingerprint density at radius 3 is 2.64 bits per heavy atom. The lowest BCUT2D eigenvalue weighted by Crippen LogP contribution is -2.39. The third-order valence-corrected chi connectivity index (χ3v) is 2.48. The summed E-state index contributed by atoms with van der Waals surface area (Å²) in [4.78, 5) is 13.0. The zero-order valence-electron chi connectivity index (χ0n) is 7.40. The van der Waals surface area contributed by atoms with Gasteiger partial charge in [-0.2, -0.15) is 0 Å². The molecule has 1 aliphatic heterocycles. The summed E-state index contributed by atoms with van der Waals surface area (Å²) < 4.78 is 1.00. The third kappa shape index (κ3) is 1.80. The van der Waals surface area contributed by atoms with E-state index in [1.54, 1.807) is 11.1 Å². The molecule has 3 nitrogen and oxygen atoms in total. The quantitative estimate of drug-likeness (QED) is 0.819. The van der Waals surface area contributed by atoms with Gasteiger partial charge in [0.25, 0.3) is 0 Å². The van der Waals surface area contributed by atoms with E-state index in [4.69, 9.17) is 0 Å². The van der Waals surface area contributed by atoms with Gasteiger partial charge in [-0.25, -0.2) is 4.79 Å². The van der Waals surface area contributed by atoms with Gasteiger partial charge in [0.05, 0.1) is 5.69 Å². The van der Waals surface area contributed by atoms with E-state index in [0.717, 1.165) is 10.2 Å². The molecule has 0 radical (unpaired) electrons. The Bertz CT molecular complexity index is 372. The Kier molecular flexibility index (Phi) is 2.54. The number of carbonyl (C=O) groups excluding carboxylic acids is 1. The Balaban J connectivity index is 2.29. The number of amides is 2. The average Bonchev–Trinajstić information content (AvgIpc) is 2.20. The molecule has 1 aliphatic rings. The minimum absolute atomic E-state index is 0.0881. The van der Waals surface area contributed by atoms with Crippen molar-refractivity contribution in [3.63, 3.8) is 0 Å². The molecule has 14 heavy (non-hydrogen) atoms. The van der Waals surface area contributed by atoms with Gasteiger partial charge in [-0.15, -0.1) is 0 Å². The predicted molar refractivity (Wildman–Crippen MR) is 59.2 cm³/mol. The van der Waals surface area contributed by atoms with Gasteiger partial charge < -0.3 is 5.32 Å². The topological polar surface area (TPSA) is 32.3 Å². The Morgan fingerprint density at radius 2 is 2.00 bits per heavy atom. The number of urea groups is 1. The molecule has 0 spiro atoms. The summed E-state index contributed by atoms with van der Waals surface area (Å²) in [5.41, 5.74) is 0.863. The van der Waals surface area contributed by atoms with Crippen LogP contribution in [0.5, 0.6) is 0 Å². The molecular formula is C10H9BrN2O. The minimum atomic E-state index is -0.0881. The number of carbonyl (C=O) groups is 1. The van der Waals surface area contributed by atoms with Crippen molar-refractivity contribution in [3.05, 3.63) is 41.0 Å². The summed E-state index contributed by atoms with van der Waals surface area (Å²) >= 11 is 3.35. The minimum Gasteiger partial charge on any atom is -0.334 e. The zero-order valence-corrected chi connectivity index (χ0v) is 8.99. The van der Waals surface area contributed by atoms with Crippen LogP contribution in [0.15, 0.2) is 41.0 Å². The lowest BCUT2D eigenvalue weighted by molar-refractivity contribution is 0.248. The second kappa shape index (κ2) is 3.84. The number of anilines is 1. The van der Waals surface area contributed by atoms with Gasteiger partial charge >= 0.3 is 6.03 Å². The normalized spacial score (nSPS) is 15.5.